The maximum Gasteiger partial charge on any atom is 0.407 e. The Hall–Kier alpha value is -0.770. The van der Waals surface area contributed by atoms with E-state index in [1.165, 1.54) is 0 Å². The Balaban J connectivity index is 1.73. The van der Waals surface area contributed by atoms with E-state index in [9.17, 15) is 4.79 Å². The fourth-order valence-corrected chi connectivity index (χ4v) is 1.68. The van der Waals surface area contributed by atoms with Crippen molar-refractivity contribution < 1.29 is 9.53 Å². The van der Waals surface area contributed by atoms with Crippen molar-refractivity contribution in [1.82, 2.24) is 10.6 Å². The highest BCUT2D eigenvalue weighted by Crippen LogP contribution is 2.20. The van der Waals surface area contributed by atoms with Gasteiger partial charge in [-0.15, -0.1) is 0 Å². The van der Waals surface area contributed by atoms with Gasteiger partial charge in [0.25, 0.3) is 0 Å². The van der Waals surface area contributed by atoms with Crippen LogP contribution < -0.4 is 10.6 Å². The van der Waals surface area contributed by atoms with Gasteiger partial charge in [0, 0.05) is 12.6 Å². The first kappa shape index (κ1) is 9.77. The second-order valence-electron chi connectivity index (χ2n) is 4.33. The number of hydrogen-bond acceptors (Lipinski definition) is 3. The van der Waals surface area contributed by atoms with E-state index in [1.807, 2.05) is 0 Å². The number of nitrogens with one attached hydrogen (secondary N) is 2. The molecule has 80 valence electrons. The molecule has 2 rings (SSSR count). The average molecular weight is 198 g/mol. The summed E-state index contributed by atoms with van der Waals surface area (Å²) >= 11 is 0. The molecule has 2 fully saturated rings. The van der Waals surface area contributed by atoms with Crippen LogP contribution in [0.1, 0.15) is 26.2 Å². The minimum absolute atomic E-state index is 0.0440. The highest BCUT2D eigenvalue weighted by molar-refractivity contribution is 5.68. The largest absolute Gasteiger partial charge is 0.445 e. The molecule has 2 aliphatic rings. The topological polar surface area (TPSA) is 50.4 Å². The van der Waals surface area contributed by atoms with E-state index in [0.29, 0.717) is 12.0 Å². The first-order valence-electron chi connectivity index (χ1n) is 5.43. The summed E-state index contributed by atoms with van der Waals surface area (Å²) in [5.74, 6) is 0.473. The molecular weight excluding hydrogens is 180 g/mol. The molecule has 1 amide bonds. The van der Waals surface area contributed by atoms with Crippen molar-refractivity contribution in [3.63, 3.8) is 0 Å². The van der Waals surface area contributed by atoms with Crippen LogP contribution in [0.25, 0.3) is 0 Å². The summed E-state index contributed by atoms with van der Waals surface area (Å²) in [5.41, 5.74) is 0. The number of piperidine rings is 1. The van der Waals surface area contributed by atoms with Gasteiger partial charge in [-0.2, -0.15) is 0 Å². The number of amides is 1. The SMILES string of the molecule is CC1CCNCC1OC(=O)NC1CC1. The number of carbonyl (C=O) groups excluding carboxylic acids is 1. The van der Waals surface area contributed by atoms with Crippen LogP contribution in [0.5, 0.6) is 0 Å². The van der Waals surface area contributed by atoms with Gasteiger partial charge in [0.2, 0.25) is 0 Å². The molecule has 0 aromatic rings. The molecule has 0 aromatic heterocycles. The quantitative estimate of drug-likeness (QED) is 0.692. The summed E-state index contributed by atoms with van der Waals surface area (Å²) < 4.78 is 5.34. The molecule has 4 heteroatoms. The number of rotatable bonds is 2. The van der Waals surface area contributed by atoms with E-state index in [-0.39, 0.29) is 12.2 Å². The maximum absolute atomic E-state index is 11.3. The molecule has 2 atom stereocenters. The Bertz CT molecular complexity index is 216. The smallest absolute Gasteiger partial charge is 0.407 e. The molecule has 14 heavy (non-hydrogen) atoms. The standard InChI is InChI=1S/C10H18N2O2/c1-7-4-5-11-6-9(7)14-10(13)12-8-2-3-8/h7-9,11H,2-6H2,1H3,(H,12,13). The zero-order chi connectivity index (χ0) is 9.97. The predicted molar refractivity (Wildman–Crippen MR) is 53.1 cm³/mol. The number of carbonyl (C=O) groups is 1. The Morgan fingerprint density at radius 2 is 2.21 bits per heavy atom. The van der Waals surface area contributed by atoms with Crippen LogP contribution in [0.3, 0.4) is 0 Å². The van der Waals surface area contributed by atoms with E-state index in [0.717, 1.165) is 32.4 Å². The van der Waals surface area contributed by atoms with Crippen molar-refractivity contribution in [2.75, 3.05) is 13.1 Å². The van der Waals surface area contributed by atoms with Crippen LogP contribution in [0.4, 0.5) is 4.79 Å². The fourth-order valence-electron chi connectivity index (χ4n) is 1.68. The van der Waals surface area contributed by atoms with Gasteiger partial charge in [-0.05, 0) is 31.7 Å². The summed E-state index contributed by atoms with van der Waals surface area (Å²) in [6, 6.07) is 0.384. The number of alkyl carbamates (subject to hydrolysis) is 1. The van der Waals surface area contributed by atoms with E-state index in [2.05, 4.69) is 17.6 Å². The van der Waals surface area contributed by atoms with Crippen LogP contribution in [0.15, 0.2) is 0 Å². The first-order valence-corrected chi connectivity index (χ1v) is 5.43. The Labute approximate surface area is 84.4 Å². The minimum Gasteiger partial charge on any atom is -0.445 e. The first-order chi connectivity index (χ1) is 6.75. The molecule has 0 bridgehead atoms. The van der Waals surface area contributed by atoms with Crippen molar-refractivity contribution in [3.8, 4) is 0 Å². The summed E-state index contributed by atoms with van der Waals surface area (Å²) in [7, 11) is 0. The van der Waals surface area contributed by atoms with E-state index < -0.39 is 0 Å². The molecule has 1 aliphatic carbocycles. The molecule has 2 N–H and O–H groups in total. The summed E-state index contributed by atoms with van der Waals surface area (Å²) in [5, 5.41) is 6.07. The molecule has 4 nitrogen and oxygen atoms in total. The third kappa shape index (κ3) is 2.61. The van der Waals surface area contributed by atoms with Crippen molar-refractivity contribution >= 4 is 6.09 Å². The lowest BCUT2D eigenvalue weighted by atomic mass is 9.97. The van der Waals surface area contributed by atoms with Crippen LogP contribution in [-0.4, -0.2) is 31.3 Å². The Kier molecular flexibility index (Phi) is 2.91. The van der Waals surface area contributed by atoms with Crippen molar-refractivity contribution in [1.29, 1.82) is 0 Å². The van der Waals surface area contributed by atoms with Gasteiger partial charge in [-0.3, -0.25) is 0 Å². The minimum atomic E-state index is -0.243. The third-order valence-electron chi connectivity index (χ3n) is 2.91. The van der Waals surface area contributed by atoms with Gasteiger partial charge in [0.15, 0.2) is 0 Å². The third-order valence-corrected chi connectivity index (χ3v) is 2.91. The molecule has 1 aliphatic heterocycles. The highest BCUT2D eigenvalue weighted by Gasteiger charge is 2.28. The lowest BCUT2D eigenvalue weighted by Gasteiger charge is -2.29. The van der Waals surface area contributed by atoms with Crippen molar-refractivity contribution in [2.24, 2.45) is 5.92 Å². The lowest BCUT2D eigenvalue weighted by Crippen LogP contribution is -2.44. The molecular formula is C10H18N2O2. The van der Waals surface area contributed by atoms with Crippen LogP contribution >= 0.6 is 0 Å². The van der Waals surface area contributed by atoms with E-state index in [4.69, 9.17) is 4.74 Å². The van der Waals surface area contributed by atoms with Gasteiger partial charge < -0.3 is 15.4 Å². The Morgan fingerprint density at radius 1 is 1.43 bits per heavy atom. The molecule has 2 unspecified atom stereocenters. The zero-order valence-electron chi connectivity index (χ0n) is 8.58. The van der Waals surface area contributed by atoms with Gasteiger partial charge in [0.05, 0.1) is 0 Å². The van der Waals surface area contributed by atoms with Crippen LogP contribution in [0.2, 0.25) is 0 Å². The van der Waals surface area contributed by atoms with Gasteiger partial charge in [-0.25, -0.2) is 4.79 Å². The maximum atomic E-state index is 11.3. The molecule has 0 spiro atoms. The summed E-state index contributed by atoms with van der Waals surface area (Å²) in [6.45, 7) is 3.96. The fraction of sp³-hybridized carbons (Fsp3) is 0.900. The molecule has 0 radical (unpaired) electrons. The normalized spacial score (nSPS) is 32.4. The lowest BCUT2D eigenvalue weighted by molar-refractivity contribution is 0.0517. The van der Waals surface area contributed by atoms with Gasteiger partial charge in [-0.1, -0.05) is 6.92 Å². The predicted octanol–water partition coefficient (Wildman–Crippen LogP) is 0.873. The van der Waals surface area contributed by atoms with Crippen molar-refractivity contribution in [3.05, 3.63) is 0 Å². The molecule has 0 aromatic carbocycles. The second kappa shape index (κ2) is 4.17. The summed E-state index contributed by atoms with van der Waals surface area (Å²) in [6.07, 6.45) is 3.10. The molecule has 1 saturated carbocycles. The second-order valence-corrected chi connectivity index (χ2v) is 4.33. The zero-order valence-corrected chi connectivity index (χ0v) is 8.58. The number of hydrogen-bond donors (Lipinski definition) is 2. The van der Waals surface area contributed by atoms with Crippen LogP contribution in [-0.2, 0) is 4.74 Å². The van der Waals surface area contributed by atoms with Crippen LogP contribution in [0, 0.1) is 5.92 Å². The average Bonchev–Trinajstić information content (AvgIpc) is 2.93. The van der Waals surface area contributed by atoms with E-state index >= 15 is 0 Å². The van der Waals surface area contributed by atoms with Gasteiger partial charge >= 0.3 is 6.09 Å². The Morgan fingerprint density at radius 3 is 2.86 bits per heavy atom. The highest BCUT2D eigenvalue weighted by atomic mass is 16.6. The molecule has 1 heterocycles. The van der Waals surface area contributed by atoms with Gasteiger partial charge in [0.1, 0.15) is 6.10 Å². The monoisotopic (exact) mass is 198 g/mol. The van der Waals surface area contributed by atoms with E-state index in [1.54, 1.807) is 0 Å². The number of ether oxygens (including phenoxy) is 1. The summed E-state index contributed by atoms with van der Waals surface area (Å²) in [4.78, 5) is 11.3. The molecule has 1 saturated heterocycles. The van der Waals surface area contributed by atoms with Crippen molar-refractivity contribution in [2.45, 2.75) is 38.3 Å².